The molecule has 0 atom stereocenters. The number of carbonyl (C=O) groups is 1. The molecule has 1 aliphatic carbocycles. The number of hydrogen-bond donors (Lipinski definition) is 1. The second kappa shape index (κ2) is 5.73. The highest BCUT2D eigenvalue weighted by Gasteiger charge is 2.54. The number of nitrogens with two attached hydrogens (primary N) is 1. The van der Waals surface area contributed by atoms with E-state index in [4.69, 9.17) is 18.0 Å². The van der Waals surface area contributed by atoms with Crippen molar-refractivity contribution in [2.45, 2.75) is 12.8 Å². The van der Waals surface area contributed by atoms with E-state index in [9.17, 15) is 4.79 Å². The lowest BCUT2D eigenvalue weighted by Crippen LogP contribution is -2.53. The molecule has 1 saturated carbocycles. The molecule has 2 N–H and O–H groups in total. The first kappa shape index (κ1) is 14.7. The predicted molar refractivity (Wildman–Crippen MR) is 80.0 cm³/mol. The summed E-state index contributed by atoms with van der Waals surface area (Å²) in [4.78, 5) is 19.3. The van der Waals surface area contributed by atoms with Gasteiger partial charge >= 0.3 is 0 Å². The first-order valence-corrected chi connectivity index (χ1v) is 7.33. The Morgan fingerprint density at radius 2 is 1.84 bits per heavy atom. The van der Waals surface area contributed by atoms with Crippen LogP contribution in [0.3, 0.4) is 0 Å². The fourth-order valence-electron chi connectivity index (χ4n) is 2.51. The third-order valence-corrected chi connectivity index (χ3v) is 4.54. The molecule has 2 fully saturated rings. The lowest BCUT2D eigenvalue weighted by atomic mass is 10.1. The van der Waals surface area contributed by atoms with E-state index >= 15 is 0 Å². The van der Waals surface area contributed by atoms with Gasteiger partial charge in [0, 0.05) is 39.3 Å². The Hall–Kier alpha value is -0.720. The normalized spacial score (nSPS) is 22.6. The molecular weight excluding hydrogens is 260 g/mol. The summed E-state index contributed by atoms with van der Waals surface area (Å²) in [6, 6.07) is 0. The van der Waals surface area contributed by atoms with E-state index in [1.807, 2.05) is 4.90 Å². The second-order valence-corrected chi connectivity index (χ2v) is 6.32. The van der Waals surface area contributed by atoms with Crippen molar-refractivity contribution < 1.29 is 4.79 Å². The fraction of sp³-hybridized carbons (Fsp3) is 0.846. The number of carbonyl (C=O) groups excluding carboxylic acids is 1. The molecular formula is C13H24N4OS. The average Bonchev–Trinajstić information content (AvgIpc) is 3.17. The molecule has 0 unspecified atom stereocenters. The van der Waals surface area contributed by atoms with Gasteiger partial charge in [0.15, 0.2) is 0 Å². The van der Waals surface area contributed by atoms with Crippen molar-refractivity contribution in [1.82, 2.24) is 14.7 Å². The molecule has 108 valence electrons. The molecule has 2 aliphatic rings. The van der Waals surface area contributed by atoms with Gasteiger partial charge in [-0.25, -0.2) is 0 Å². The molecule has 19 heavy (non-hydrogen) atoms. The number of piperazine rings is 1. The molecule has 0 aromatic rings. The van der Waals surface area contributed by atoms with Crippen LogP contribution in [0.1, 0.15) is 12.8 Å². The minimum absolute atomic E-state index is 0.159. The molecule has 1 heterocycles. The minimum Gasteiger partial charge on any atom is -0.392 e. The molecule has 0 radical (unpaired) electrons. The van der Waals surface area contributed by atoms with Gasteiger partial charge < -0.3 is 15.5 Å². The van der Waals surface area contributed by atoms with E-state index in [1.165, 1.54) is 0 Å². The Kier molecular flexibility index (Phi) is 4.43. The van der Waals surface area contributed by atoms with Crippen molar-refractivity contribution in [3.8, 4) is 0 Å². The van der Waals surface area contributed by atoms with E-state index < -0.39 is 5.41 Å². The highest BCUT2D eigenvalue weighted by atomic mass is 32.1. The van der Waals surface area contributed by atoms with Crippen LogP contribution in [-0.2, 0) is 4.79 Å². The standard InChI is InChI=1S/C13H24N4OS/c1-15(2)5-6-16-7-9-17(10-8-16)12(18)13(3-4-13)11(14)19/h3-10H2,1-2H3,(H2,14,19). The van der Waals surface area contributed by atoms with Gasteiger partial charge in [0.1, 0.15) is 0 Å². The first-order chi connectivity index (χ1) is 8.95. The zero-order valence-electron chi connectivity index (χ0n) is 11.9. The lowest BCUT2D eigenvalue weighted by Gasteiger charge is -2.36. The number of nitrogens with zero attached hydrogens (tertiary/aromatic N) is 3. The molecule has 1 aliphatic heterocycles. The molecule has 0 bridgehead atoms. The molecule has 2 rings (SSSR count). The van der Waals surface area contributed by atoms with Crippen molar-refractivity contribution in [2.75, 3.05) is 53.4 Å². The zero-order valence-corrected chi connectivity index (χ0v) is 12.7. The van der Waals surface area contributed by atoms with Crippen LogP contribution >= 0.6 is 12.2 Å². The van der Waals surface area contributed by atoms with Gasteiger partial charge in [-0.2, -0.15) is 0 Å². The van der Waals surface area contributed by atoms with E-state index in [0.717, 1.165) is 52.1 Å². The van der Waals surface area contributed by atoms with Crippen molar-refractivity contribution in [1.29, 1.82) is 0 Å². The summed E-state index contributed by atoms with van der Waals surface area (Å²) in [5.41, 5.74) is 5.23. The topological polar surface area (TPSA) is 52.8 Å². The maximum absolute atomic E-state index is 12.4. The van der Waals surface area contributed by atoms with Crippen molar-refractivity contribution in [3.63, 3.8) is 0 Å². The number of likely N-dealkylation sites (N-methyl/N-ethyl adjacent to an activating group) is 1. The van der Waals surface area contributed by atoms with E-state index in [0.29, 0.717) is 4.99 Å². The average molecular weight is 284 g/mol. The van der Waals surface area contributed by atoms with Crippen LogP contribution in [0, 0.1) is 5.41 Å². The Morgan fingerprint density at radius 3 is 2.26 bits per heavy atom. The van der Waals surface area contributed by atoms with Crippen molar-refractivity contribution in [2.24, 2.45) is 11.1 Å². The third kappa shape index (κ3) is 3.24. The molecule has 1 saturated heterocycles. The Bertz CT molecular complexity index is 360. The zero-order chi connectivity index (χ0) is 14.0. The number of rotatable bonds is 5. The van der Waals surface area contributed by atoms with Crippen LogP contribution in [0.4, 0.5) is 0 Å². The quantitative estimate of drug-likeness (QED) is 0.706. The maximum Gasteiger partial charge on any atom is 0.235 e. The lowest BCUT2D eigenvalue weighted by molar-refractivity contribution is -0.136. The molecule has 1 amide bonds. The highest BCUT2D eigenvalue weighted by molar-refractivity contribution is 7.80. The van der Waals surface area contributed by atoms with Crippen LogP contribution in [0.2, 0.25) is 0 Å². The van der Waals surface area contributed by atoms with Crippen molar-refractivity contribution >= 4 is 23.1 Å². The van der Waals surface area contributed by atoms with Gasteiger partial charge in [-0.15, -0.1) is 0 Å². The van der Waals surface area contributed by atoms with Gasteiger partial charge in [0.05, 0.1) is 10.4 Å². The summed E-state index contributed by atoms with van der Waals surface area (Å²) >= 11 is 5.05. The van der Waals surface area contributed by atoms with E-state index in [2.05, 4.69) is 23.9 Å². The van der Waals surface area contributed by atoms with Crippen LogP contribution in [-0.4, -0.2) is 79.0 Å². The fourth-order valence-corrected chi connectivity index (χ4v) is 2.80. The van der Waals surface area contributed by atoms with Crippen molar-refractivity contribution in [3.05, 3.63) is 0 Å². The molecule has 6 heteroatoms. The summed E-state index contributed by atoms with van der Waals surface area (Å²) in [6.45, 7) is 5.63. The van der Waals surface area contributed by atoms with Gasteiger partial charge in [0.25, 0.3) is 0 Å². The summed E-state index contributed by atoms with van der Waals surface area (Å²) < 4.78 is 0. The van der Waals surface area contributed by atoms with Gasteiger partial charge in [-0.1, -0.05) is 12.2 Å². The third-order valence-electron chi connectivity index (χ3n) is 4.15. The monoisotopic (exact) mass is 284 g/mol. The molecule has 0 aromatic carbocycles. The smallest absolute Gasteiger partial charge is 0.235 e. The SMILES string of the molecule is CN(C)CCN1CCN(C(=O)C2(C(N)=S)CC2)CC1. The summed E-state index contributed by atoms with van der Waals surface area (Å²) in [6.07, 6.45) is 1.67. The van der Waals surface area contributed by atoms with Gasteiger partial charge in [-0.05, 0) is 26.9 Å². The Balaban J connectivity index is 1.80. The molecule has 0 spiro atoms. The number of hydrogen-bond acceptors (Lipinski definition) is 4. The van der Waals surface area contributed by atoms with Crippen LogP contribution in [0.15, 0.2) is 0 Å². The second-order valence-electron chi connectivity index (χ2n) is 5.88. The maximum atomic E-state index is 12.4. The molecule has 5 nitrogen and oxygen atoms in total. The van der Waals surface area contributed by atoms with E-state index in [1.54, 1.807) is 0 Å². The van der Waals surface area contributed by atoms with E-state index in [-0.39, 0.29) is 5.91 Å². The van der Waals surface area contributed by atoms with Crippen LogP contribution in [0.25, 0.3) is 0 Å². The first-order valence-electron chi connectivity index (χ1n) is 6.92. The van der Waals surface area contributed by atoms with Crippen LogP contribution < -0.4 is 5.73 Å². The predicted octanol–water partition coefficient (Wildman–Crippen LogP) is -0.241. The Labute approximate surface area is 120 Å². The van der Waals surface area contributed by atoms with Gasteiger partial charge in [0.2, 0.25) is 5.91 Å². The highest BCUT2D eigenvalue weighted by Crippen LogP contribution is 2.47. The summed E-state index contributed by atoms with van der Waals surface area (Å²) in [5.74, 6) is 0.159. The number of thiocarbonyl (C=S) groups is 1. The molecule has 0 aromatic heterocycles. The number of amides is 1. The van der Waals surface area contributed by atoms with Crippen LogP contribution in [0.5, 0.6) is 0 Å². The summed E-state index contributed by atoms with van der Waals surface area (Å²) in [5, 5.41) is 0. The minimum atomic E-state index is -0.485. The van der Waals surface area contributed by atoms with Gasteiger partial charge in [-0.3, -0.25) is 9.69 Å². The largest absolute Gasteiger partial charge is 0.392 e. The Morgan fingerprint density at radius 1 is 1.26 bits per heavy atom. The summed E-state index contributed by atoms with van der Waals surface area (Å²) in [7, 11) is 4.16.